The van der Waals surface area contributed by atoms with Gasteiger partial charge in [0.2, 0.25) is 11.8 Å². The van der Waals surface area contributed by atoms with Crippen LogP contribution in [-0.2, 0) is 23.9 Å². The standard InChI is InChI=1S/C29H46N2O6/c1-6-8-9-14-20-36-27(35)23-22-25(33)31(18-12-10-11-13-19-32)24(26(34)30(17-7-2)21(3)4)29(22)16-15-28(23,5)37-29/h6-7,21-24,32H,1-2,8-20H2,3-5H3/t22-,23+,24?,28-,29?/m0/s1. The molecule has 3 heterocycles. The van der Waals surface area contributed by atoms with Gasteiger partial charge in [-0.25, -0.2) is 0 Å². The maximum absolute atomic E-state index is 14.1. The Bertz CT molecular complexity index is 859. The van der Waals surface area contributed by atoms with Crippen LogP contribution in [0.15, 0.2) is 25.3 Å². The third-order valence-corrected chi connectivity index (χ3v) is 8.35. The molecule has 208 valence electrons. The Balaban J connectivity index is 1.89. The summed E-state index contributed by atoms with van der Waals surface area (Å²) in [5.74, 6) is -2.18. The Labute approximate surface area is 222 Å². The molecule has 0 aromatic carbocycles. The Morgan fingerprint density at radius 2 is 1.89 bits per heavy atom. The number of aliphatic hydroxyl groups excluding tert-OH is 1. The molecule has 0 radical (unpaired) electrons. The lowest BCUT2D eigenvalue weighted by atomic mass is 9.66. The first-order chi connectivity index (χ1) is 17.7. The highest BCUT2D eigenvalue weighted by Gasteiger charge is 2.78. The highest BCUT2D eigenvalue weighted by Crippen LogP contribution is 2.63. The van der Waals surface area contributed by atoms with Crippen LogP contribution in [0.5, 0.6) is 0 Å². The number of hydrogen-bond donors (Lipinski definition) is 1. The largest absolute Gasteiger partial charge is 0.465 e. The highest BCUT2D eigenvalue weighted by molar-refractivity contribution is 5.98. The number of carbonyl (C=O) groups excluding carboxylic acids is 3. The summed E-state index contributed by atoms with van der Waals surface area (Å²) in [5, 5.41) is 9.10. The molecule has 2 amide bonds. The molecule has 5 atom stereocenters. The molecule has 3 aliphatic heterocycles. The monoisotopic (exact) mass is 518 g/mol. The van der Waals surface area contributed by atoms with Gasteiger partial charge in [0.25, 0.3) is 0 Å². The summed E-state index contributed by atoms with van der Waals surface area (Å²) in [4.78, 5) is 44.9. The van der Waals surface area contributed by atoms with Gasteiger partial charge in [-0.3, -0.25) is 14.4 Å². The van der Waals surface area contributed by atoms with Crippen molar-refractivity contribution in [2.75, 3.05) is 26.3 Å². The van der Waals surface area contributed by atoms with Crippen LogP contribution in [0.25, 0.3) is 0 Å². The van der Waals surface area contributed by atoms with Crippen molar-refractivity contribution < 1.29 is 29.0 Å². The molecule has 2 bridgehead atoms. The lowest BCUT2D eigenvalue weighted by Gasteiger charge is -2.38. The number of unbranched alkanes of at least 4 members (excludes halogenated alkanes) is 5. The van der Waals surface area contributed by atoms with E-state index in [1.54, 1.807) is 15.9 Å². The number of rotatable bonds is 16. The zero-order valence-electron chi connectivity index (χ0n) is 23.0. The Hall–Kier alpha value is -2.19. The van der Waals surface area contributed by atoms with Crippen molar-refractivity contribution in [3.05, 3.63) is 25.3 Å². The van der Waals surface area contributed by atoms with Crippen molar-refractivity contribution in [3.8, 4) is 0 Å². The van der Waals surface area contributed by atoms with Crippen molar-refractivity contribution in [3.63, 3.8) is 0 Å². The minimum absolute atomic E-state index is 0.0760. The maximum Gasteiger partial charge on any atom is 0.312 e. The van der Waals surface area contributed by atoms with E-state index in [0.717, 1.165) is 38.5 Å². The van der Waals surface area contributed by atoms with Gasteiger partial charge >= 0.3 is 5.97 Å². The number of ether oxygens (including phenoxy) is 2. The van der Waals surface area contributed by atoms with Gasteiger partial charge < -0.3 is 24.4 Å². The summed E-state index contributed by atoms with van der Waals surface area (Å²) < 4.78 is 12.3. The predicted molar refractivity (Wildman–Crippen MR) is 142 cm³/mol. The molecule has 8 heteroatoms. The Kier molecular flexibility index (Phi) is 9.98. The number of aliphatic hydroxyl groups is 1. The zero-order chi connectivity index (χ0) is 27.2. The molecule has 0 saturated carbocycles. The van der Waals surface area contributed by atoms with Crippen molar-refractivity contribution >= 4 is 17.8 Å². The lowest BCUT2D eigenvalue weighted by Crippen LogP contribution is -2.57. The normalized spacial score (nSPS) is 30.0. The smallest absolute Gasteiger partial charge is 0.312 e. The van der Waals surface area contributed by atoms with Gasteiger partial charge in [-0.1, -0.05) is 25.0 Å². The fourth-order valence-electron chi connectivity index (χ4n) is 6.56. The van der Waals surface area contributed by atoms with E-state index in [0.29, 0.717) is 39.0 Å². The lowest BCUT2D eigenvalue weighted by molar-refractivity contribution is -0.160. The Morgan fingerprint density at radius 1 is 1.16 bits per heavy atom. The molecule has 8 nitrogen and oxygen atoms in total. The average Bonchev–Trinajstić information content (AvgIpc) is 3.42. The number of esters is 1. The first kappa shape index (κ1) is 29.4. The minimum atomic E-state index is -1.03. The van der Waals surface area contributed by atoms with Gasteiger partial charge in [-0.15, -0.1) is 13.2 Å². The van der Waals surface area contributed by atoms with Gasteiger partial charge in [0.05, 0.1) is 18.1 Å². The van der Waals surface area contributed by atoms with Crippen molar-refractivity contribution in [1.82, 2.24) is 9.80 Å². The second kappa shape index (κ2) is 12.6. The number of allylic oxidation sites excluding steroid dienone is 1. The van der Waals surface area contributed by atoms with Gasteiger partial charge in [-0.05, 0) is 65.7 Å². The van der Waals surface area contributed by atoms with E-state index in [-0.39, 0.29) is 24.5 Å². The van der Waals surface area contributed by atoms with Crippen molar-refractivity contribution in [2.24, 2.45) is 11.8 Å². The molecular formula is C29H46N2O6. The van der Waals surface area contributed by atoms with Crippen molar-refractivity contribution in [2.45, 2.75) is 102 Å². The summed E-state index contributed by atoms with van der Waals surface area (Å²) in [7, 11) is 0. The average molecular weight is 519 g/mol. The van der Waals surface area contributed by atoms with E-state index in [4.69, 9.17) is 14.6 Å². The van der Waals surface area contributed by atoms with E-state index in [9.17, 15) is 14.4 Å². The van der Waals surface area contributed by atoms with Crippen LogP contribution in [0.2, 0.25) is 0 Å². The van der Waals surface area contributed by atoms with E-state index in [1.165, 1.54) is 0 Å². The van der Waals surface area contributed by atoms with Crippen LogP contribution >= 0.6 is 0 Å². The van der Waals surface area contributed by atoms with Gasteiger partial charge in [-0.2, -0.15) is 0 Å². The highest BCUT2D eigenvalue weighted by atomic mass is 16.6. The van der Waals surface area contributed by atoms with E-state index in [2.05, 4.69) is 13.2 Å². The Morgan fingerprint density at radius 3 is 2.54 bits per heavy atom. The van der Waals surface area contributed by atoms with E-state index in [1.807, 2.05) is 26.8 Å². The molecule has 0 aromatic rings. The first-order valence-corrected chi connectivity index (χ1v) is 14.0. The summed E-state index contributed by atoms with van der Waals surface area (Å²) in [6.07, 6.45) is 10.3. The summed E-state index contributed by atoms with van der Waals surface area (Å²) in [6, 6.07) is -0.856. The molecule has 1 N–H and O–H groups in total. The van der Waals surface area contributed by atoms with Gasteiger partial charge in [0.1, 0.15) is 17.6 Å². The van der Waals surface area contributed by atoms with Crippen LogP contribution in [0.3, 0.4) is 0 Å². The van der Waals surface area contributed by atoms with Crippen LogP contribution in [-0.4, -0.2) is 82.3 Å². The van der Waals surface area contributed by atoms with Crippen LogP contribution in [0.1, 0.15) is 78.6 Å². The number of hydrogen-bond acceptors (Lipinski definition) is 6. The molecule has 3 rings (SSSR count). The molecule has 3 fully saturated rings. The third-order valence-electron chi connectivity index (χ3n) is 8.35. The van der Waals surface area contributed by atoms with E-state index < -0.39 is 35.0 Å². The number of nitrogens with zero attached hydrogens (tertiary/aromatic N) is 2. The zero-order valence-corrected chi connectivity index (χ0v) is 23.0. The molecule has 3 saturated heterocycles. The predicted octanol–water partition coefficient (Wildman–Crippen LogP) is 3.63. The molecular weight excluding hydrogens is 472 g/mol. The van der Waals surface area contributed by atoms with Crippen molar-refractivity contribution in [1.29, 1.82) is 0 Å². The summed E-state index contributed by atoms with van der Waals surface area (Å²) in [6.45, 7) is 14.6. The third kappa shape index (κ3) is 5.65. The number of amides is 2. The van der Waals surface area contributed by atoms with Crippen LogP contribution in [0.4, 0.5) is 0 Å². The van der Waals surface area contributed by atoms with Gasteiger partial charge in [0.15, 0.2) is 0 Å². The number of fused-ring (bicyclic) bond motifs is 1. The summed E-state index contributed by atoms with van der Waals surface area (Å²) >= 11 is 0. The minimum Gasteiger partial charge on any atom is -0.465 e. The quantitative estimate of drug-likeness (QED) is 0.190. The second-order valence-electron chi connectivity index (χ2n) is 11.2. The maximum atomic E-state index is 14.1. The first-order valence-electron chi connectivity index (χ1n) is 14.0. The fraction of sp³-hybridized carbons (Fsp3) is 0.759. The number of likely N-dealkylation sites (tertiary alicyclic amines) is 1. The second-order valence-corrected chi connectivity index (χ2v) is 11.2. The fourth-order valence-corrected chi connectivity index (χ4v) is 6.56. The molecule has 3 aliphatic rings. The molecule has 1 spiro atoms. The van der Waals surface area contributed by atoms with Crippen LogP contribution < -0.4 is 0 Å². The molecule has 0 aromatic heterocycles. The molecule has 0 aliphatic carbocycles. The number of carbonyl (C=O) groups is 3. The van der Waals surface area contributed by atoms with E-state index >= 15 is 0 Å². The van der Waals surface area contributed by atoms with Gasteiger partial charge in [0, 0.05) is 25.7 Å². The molecule has 2 unspecified atom stereocenters. The SMILES string of the molecule is C=CCCCCOC(=O)[C@H]1[C@H]2C(=O)N(CCCCCCO)C(C(=O)N(CC=C)C(C)C)C23CC[C@]1(C)O3. The summed E-state index contributed by atoms with van der Waals surface area (Å²) in [5.41, 5.74) is -1.86. The molecule has 37 heavy (non-hydrogen) atoms. The van der Waals surface area contributed by atoms with Crippen LogP contribution in [0, 0.1) is 11.8 Å². The topological polar surface area (TPSA) is 96.4 Å².